The van der Waals surface area contributed by atoms with Gasteiger partial charge in [-0.25, -0.2) is 0 Å². The Morgan fingerprint density at radius 1 is 1.29 bits per heavy atom. The Kier molecular flexibility index (Phi) is 3.96. The number of piperidine rings is 1. The fraction of sp³-hybridized carbons (Fsp3) is 1.00. The fourth-order valence-electron chi connectivity index (χ4n) is 2.34. The smallest absolute Gasteiger partial charge is 0.0125 e. The highest BCUT2D eigenvalue weighted by molar-refractivity contribution is 4.83. The average molecular weight is 198 g/mol. The first-order chi connectivity index (χ1) is 6.39. The van der Waals surface area contributed by atoms with E-state index in [1.807, 2.05) is 0 Å². The molecule has 2 heteroatoms. The molecule has 1 fully saturated rings. The van der Waals surface area contributed by atoms with Crippen LogP contribution in [0.5, 0.6) is 0 Å². The van der Waals surface area contributed by atoms with Crippen LogP contribution in [0.3, 0.4) is 0 Å². The van der Waals surface area contributed by atoms with Gasteiger partial charge in [-0.05, 0) is 60.2 Å². The van der Waals surface area contributed by atoms with E-state index >= 15 is 0 Å². The van der Waals surface area contributed by atoms with Gasteiger partial charge in [-0.15, -0.1) is 0 Å². The third kappa shape index (κ3) is 3.58. The van der Waals surface area contributed by atoms with Crippen molar-refractivity contribution in [1.29, 1.82) is 0 Å². The highest BCUT2D eigenvalue weighted by Gasteiger charge is 2.27. The number of hydrogen-bond donors (Lipinski definition) is 0. The van der Waals surface area contributed by atoms with Crippen molar-refractivity contribution in [3.63, 3.8) is 0 Å². The molecule has 0 N–H and O–H groups in total. The van der Waals surface area contributed by atoms with Crippen LogP contribution in [-0.2, 0) is 0 Å². The Bertz CT molecular complexity index is 170. The highest BCUT2D eigenvalue weighted by atomic mass is 15.2. The molecule has 0 aliphatic carbocycles. The third-order valence-electron chi connectivity index (χ3n) is 3.09. The summed E-state index contributed by atoms with van der Waals surface area (Å²) in [6, 6.07) is 0. The topological polar surface area (TPSA) is 6.48 Å². The molecule has 0 amide bonds. The van der Waals surface area contributed by atoms with Gasteiger partial charge in [0.1, 0.15) is 0 Å². The Balaban J connectivity index is 2.44. The molecule has 0 radical (unpaired) electrons. The fourth-order valence-corrected chi connectivity index (χ4v) is 2.34. The average Bonchev–Trinajstić information content (AvgIpc) is 2.01. The van der Waals surface area contributed by atoms with Crippen molar-refractivity contribution in [1.82, 2.24) is 9.80 Å². The minimum atomic E-state index is 0.352. The molecule has 1 atom stereocenters. The summed E-state index contributed by atoms with van der Waals surface area (Å²) < 4.78 is 0. The summed E-state index contributed by atoms with van der Waals surface area (Å²) in [4.78, 5) is 4.95. The Hall–Kier alpha value is -0.0800. The number of hydrogen-bond acceptors (Lipinski definition) is 2. The van der Waals surface area contributed by atoms with Crippen molar-refractivity contribution in [2.75, 3.05) is 33.7 Å². The molecule has 2 nitrogen and oxygen atoms in total. The maximum Gasteiger partial charge on any atom is 0.0125 e. The molecule has 0 aromatic rings. The summed E-state index contributed by atoms with van der Waals surface area (Å²) in [7, 11) is 4.35. The Morgan fingerprint density at radius 3 is 2.43 bits per heavy atom. The maximum atomic E-state index is 2.63. The standard InChI is InChI=1S/C12H26N2/c1-12(2,3)14-8-6-7-11(10-14)9-13(4)5/h11H,6-10H2,1-5H3/t11-/m0/s1. The molecule has 0 aromatic carbocycles. The van der Waals surface area contributed by atoms with E-state index in [0.29, 0.717) is 5.54 Å². The summed E-state index contributed by atoms with van der Waals surface area (Å²) in [5.74, 6) is 0.873. The second-order valence-electron chi connectivity index (χ2n) is 5.89. The van der Waals surface area contributed by atoms with Gasteiger partial charge in [-0.1, -0.05) is 0 Å². The van der Waals surface area contributed by atoms with Crippen LogP contribution in [0.25, 0.3) is 0 Å². The lowest BCUT2D eigenvalue weighted by Crippen LogP contribution is -2.48. The first-order valence-corrected chi connectivity index (χ1v) is 5.79. The van der Waals surface area contributed by atoms with Crippen molar-refractivity contribution in [2.45, 2.75) is 39.2 Å². The minimum absolute atomic E-state index is 0.352. The third-order valence-corrected chi connectivity index (χ3v) is 3.09. The number of nitrogens with zero attached hydrogens (tertiary/aromatic N) is 2. The Morgan fingerprint density at radius 2 is 1.93 bits per heavy atom. The van der Waals surface area contributed by atoms with Gasteiger partial charge in [0.2, 0.25) is 0 Å². The lowest BCUT2D eigenvalue weighted by molar-refractivity contribution is 0.0699. The second kappa shape index (κ2) is 4.63. The van der Waals surface area contributed by atoms with Crippen LogP contribution in [-0.4, -0.2) is 49.1 Å². The normalized spacial score (nSPS) is 25.7. The molecule has 1 saturated heterocycles. The number of likely N-dealkylation sites (tertiary alicyclic amines) is 1. The van der Waals surface area contributed by atoms with E-state index in [2.05, 4.69) is 44.7 Å². The van der Waals surface area contributed by atoms with Crippen LogP contribution in [0.1, 0.15) is 33.6 Å². The van der Waals surface area contributed by atoms with Crippen LogP contribution >= 0.6 is 0 Å². The molecule has 1 aliphatic rings. The summed E-state index contributed by atoms with van der Waals surface area (Å²) in [6.45, 7) is 10.8. The monoisotopic (exact) mass is 198 g/mol. The van der Waals surface area contributed by atoms with Gasteiger partial charge in [-0.2, -0.15) is 0 Å². The van der Waals surface area contributed by atoms with Crippen molar-refractivity contribution in [3.8, 4) is 0 Å². The number of rotatable bonds is 2. The van der Waals surface area contributed by atoms with Gasteiger partial charge in [0, 0.05) is 18.6 Å². The van der Waals surface area contributed by atoms with Gasteiger partial charge < -0.3 is 4.90 Å². The van der Waals surface area contributed by atoms with Gasteiger partial charge in [-0.3, -0.25) is 4.90 Å². The largest absolute Gasteiger partial charge is 0.309 e. The van der Waals surface area contributed by atoms with E-state index in [1.165, 1.54) is 32.5 Å². The van der Waals surface area contributed by atoms with Gasteiger partial charge in [0.15, 0.2) is 0 Å². The molecule has 0 bridgehead atoms. The predicted molar refractivity (Wildman–Crippen MR) is 62.6 cm³/mol. The lowest BCUT2D eigenvalue weighted by atomic mass is 9.93. The van der Waals surface area contributed by atoms with Crippen LogP contribution in [0, 0.1) is 5.92 Å². The molecule has 0 unspecified atom stereocenters. The van der Waals surface area contributed by atoms with Crippen molar-refractivity contribution < 1.29 is 0 Å². The van der Waals surface area contributed by atoms with Gasteiger partial charge in [0.25, 0.3) is 0 Å². The molecule has 0 spiro atoms. The SMILES string of the molecule is CN(C)C[C@@H]1CCCN(C(C)(C)C)C1. The summed E-state index contributed by atoms with van der Waals surface area (Å²) in [6.07, 6.45) is 2.78. The lowest BCUT2D eigenvalue weighted by Gasteiger charge is -2.42. The van der Waals surface area contributed by atoms with E-state index in [4.69, 9.17) is 0 Å². The summed E-state index contributed by atoms with van der Waals surface area (Å²) in [5, 5.41) is 0. The molecule has 0 saturated carbocycles. The first-order valence-electron chi connectivity index (χ1n) is 5.79. The highest BCUT2D eigenvalue weighted by Crippen LogP contribution is 2.23. The van der Waals surface area contributed by atoms with E-state index in [-0.39, 0.29) is 0 Å². The van der Waals surface area contributed by atoms with E-state index in [0.717, 1.165) is 5.92 Å². The predicted octanol–water partition coefficient (Wildman–Crippen LogP) is 2.06. The summed E-state index contributed by atoms with van der Waals surface area (Å²) >= 11 is 0. The van der Waals surface area contributed by atoms with Crippen molar-refractivity contribution in [3.05, 3.63) is 0 Å². The Labute approximate surface area is 89.3 Å². The van der Waals surface area contributed by atoms with Crippen molar-refractivity contribution >= 4 is 0 Å². The second-order valence-corrected chi connectivity index (χ2v) is 5.89. The zero-order valence-electron chi connectivity index (χ0n) is 10.5. The first kappa shape index (κ1) is 12.0. The van der Waals surface area contributed by atoms with E-state index in [9.17, 15) is 0 Å². The quantitative estimate of drug-likeness (QED) is 0.670. The molecule has 84 valence electrons. The van der Waals surface area contributed by atoms with Crippen LogP contribution in [0.2, 0.25) is 0 Å². The van der Waals surface area contributed by atoms with Gasteiger partial charge >= 0.3 is 0 Å². The molecule has 1 rings (SSSR count). The molecule has 1 aliphatic heterocycles. The maximum absolute atomic E-state index is 2.63. The summed E-state index contributed by atoms with van der Waals surface area (Å²) in [5.41, 5.74) is 0.352. The van der Waals surface area contributed by atoms with Crippen LogP contribution in [0.15, 0.2) is 0 Å². The van der Waals surface area contributed by atoms with Gasteiger partial charge in [0.05, 0.1) is 0 Å². The van der Waals surface area contributed by atoms with E-state index < -0.39 is 0 Å². The molecular weight excluding hydrogens is 172 g/mol. The zero-order chi connectivity index (χ0) is 10.8. The molecule has 14 heavy (non-hydrogen) atoms. The molecular formula is C12H26N2. The minimum Gasteiger partial charge on any atom is -0.309 e. The van der Waals surface area contributed by atoms with Crippen LogP contribution < -0.4 is 0 Å². The zero-order valence-corrected chi connectivity index (χ0v) is 10.5. The van der Waals surface area contributed by atoms with Crippen LogP contribution in [0.4, 0.5) is 0 Å². The molecule has 1 heterocycles. The molecule has 0 aromatic heterocycles. The van der Waals surface area contributed by atoms with Crippen molar-refractivity contribution in [2.24, 2.45) is 5.92 Å². The van der Waals surface area contributed by atoms with E-state index in [1.54, 1.807) is 0 Å².